The molecule has 4 rings (SSSR count). The molecule has 0 aliphatic carbocycles. The number of carbonyl (C=O) groups is 2. The summed E-state index contributed by atoms with van der Waals surface area (Å²) in [6.45, 7) is 6.13. The number of rotatable bonds is 7. The molecule has 184 valence electrons. The largest absolute Gasteiger partial charge is 0.448 e. The van der Waals surface area contributed by atoms with Gasteiger partial charge in [0.1, 0.15) is 10.6 Å². The van der Waals surface area contributed by atoms with Gasteiger partial charge in [-0.2, -0.15) is 4.31 Å². The van der Waals surface area contributed by atoms with Crippen molar-refractivity contribution in [3.8, 4) is 0 Å². The van der Waals surface area contributed by atoms with Gasteiger partial charge < -0.3 is 19.4 Å². The summed E-state index contributed by atoms with van der Waals surface area (Å²) < 4.78 is 37.3. The zero-order chi connectivity index (χ0) is 24.1. The van der Waals surface area contributed by atoms with Crippen LogP contribution in [0.15, 0.2) is 47.5 Å². The minimum absolute atomic E-state index is 0.0147. The van der Waals surface area contributed by atoms with E-state index < -0.39 is 22.1 Å². The molecule has 2 fully saturated rings. The van der Waals surface area contributed by atoms with Gasteiger partial charge in [0.2, 0.25) is 10.0 Å². The number of amides is 1. The molecule has 2 aromatic rings. The molecule has 1 unspecified atom stereocenters. The number of aromatic amines is 1. The van der Waals surface area contributed by atoms with Gasteiger partial charge in [0, 0.05) is 52.0 Å². The molecule has 11 heteroatoms. The Bertz CT molecular complexity index is 1090. The number of carbonyl (C=O) groups excluding carboxylic acids is 2. The van der Waals surface area contributed by atoms with Gasteiger partial charge in [0.15, 0.2) is 6.10 Å². The summed E-state index contributed by atoms with van der Waals surface area (Å²) in [5, 5.41) is 0. The van der Waals surface area contributed by atoms with E-state index in [-0.39, 0.29) is 29.6 Å². The third-order valence-corrected chi connectivity index (χ3v) is 7.93. The molecule has 0 saturated carbocycles. The topological polar surface area (TPSA) is 112 Å². The number of hydrogen-bond donors (Lipinski definition) is 1. The van der Waals surface area contributed by atoms with Gasteiger partial charge in [-0.05, 0) is 18.6 Å². The molecule has 1 atom stereocenters. The summed E-state index contributed by atoms with van der Waals surface area (Å²) >= 11 is 0. The van der Waals surface area contributed by atoms with Crippen molar-refractivity contribution in [1.82, 2.24) is 19.1 Å². The smallest absolute Gasteiger partial charge is 0.355 e. The standard InChI is InChI=1S/C23H30N4O6S/c1-18(22(28)26-9-7-25(8-10-26)17-19-5-3-2-4-6-19)33-23(29)21-15-20(16-24-21)34(30,31)27-11-13-32-14-12-27/h2-6,15-16,18,24H,7-14,17H2,1H3. The lowest BCUT2D eigenvalue weighted by atomic mass is 10.2. The quantitative estimate of drug-likeness (QED) is 0.575. The van der Waals surface area contributed by atoms with E-state index in [1.807, 2.05) is 18.2 Å². The van der Waals surface area contributed by atoms with Crippen molar-refractivity contribution in [1.29, 1.82) is 0 Å². The molecular formula is C23H30N4O6S. The number of nitrogens with zero attached hydrogens (tertiary/aromatic N) is 3. The highest BCUT2D eigenvalue weighted by Crippen LogP contribution is 2.19. The van der Waals surface area contributed by atoms with Gasteiger partial charge in [0.05, 0.1) is 13.2 Å². The molecule has 2 saturated heterocycles. The first-order chi connectivity index (χ1) is 16.3. The summed E-state index contributed by atoms with van der Waals surface area (Å²) in [7, 11) is -3.73. The van der Waals surface area contributed by atoms with Crippen LogP contribution < -0.4 is 0 Å². The number of morpholine rings is 1. The zero-order valence-electron chi connectivity index (χ0n) is 19.2. The van der Waals surface area contributed by atoms with E-state index in [4.69, 9.17) is 9.47 Å². The van der Waals surface area contributed by atoms with E-state index >= 15 is 0 Å². The lowest BCUT2D eigenvalue weighted by molar-refractivity contribution is -0.141. The number of sulfonamides is 1. The van der Waals surface area contributed by atoms with Crippen molar-refractivity contribution in [2.45, 2.75) is 24.5 Å². The van der Waals surface area contributed by atoms with Crippen molar-refractivity contribution < 1.29 is 27.5 Å². The highest BCUT2D eigenvalue weighted by atomic mass is 32.2. The van der Waals surface area contributed by atoms with Crippen LogP contribution in [0.5, 0.6) is 0 Å². The monoisotopic (exact) mass is 490 g/mol. The van der Waals surface area contributed by atoms with E-state index in [1.165, 1.54) is 29.1 Å². The van der Waals surface area contributed by atoms with Crippen LogP contribution in [0.3, 0.4) is 0 Å². The predicted molar refractivity (Wildman–Crippen MR) is 124 cm³/mol. The molecule has 2 aliphatic rings. The average molecular weight is 491 g/mol. The molecular weight excluding hydrogens is 460 g/mol. The maximum atomic E-state index is 12.8. The second-order valence-electron chi connectivity index (χ2n) is 8.40. The van der Waals surface area contributed by atoms with Crippen LogP contribution in [0.2, 0.25) is 0 Å². The SMILES string of the molecule is CC(OC(=O)c1cc(S(=O)(=O)N2CCOCC2)c[nH]1)C(=O)N1CCN(Cc2ccccc2)CC1. The lowest BCUT2D eigenvalue weighted by Crippen LogP contribution is -2.51. The van der Waals surface area contributed by atoms with E-state index in [2.05, 4.69) is 22.0 Å². The highest BCUT2D eigenvalue weighted by molar-refractivity contribution is 7.89. The Kier molecular flexibility index (Phi) is 7.67. The maximum absolute atomic E-state index is 12.8. The first-order valence-electron chi connectivity index (χ1n) is 11.4. The minimum Gasteiger partial charge on any atom is -0.448 e. The number of hydrogen-bond acceptors (Lipinski definition) is 7. The molecule has 10 nitrogen and oxygen atoms in total. The van der Waals surface area contributed by atoms with E-state index in [0.29, 0.717) is 26.3 Å². The Hall–Kier alpha value is -2.73. The van der Waals surface area contributed by atoms with Crippen LogP contribution in [-0.4, -0.2) is 98.0 Å². The number of benzene rings is 1. The summed E-state index contributed by atoms with van der Waals surface area (Å²) in [4.78, 5) is 32.0. The van der Waals surface area contributed by atoms with Crippen LogP contribution in [0.4, 0.5) is 0 Å². The number of esters is 1. The highest BCUT2D eigenvalue weighted by Gasteiger charge is 2.30. The fraction of sp³-hybridized carbons (Fsp3) is 0.478. The summed E-state index contributed by atoms with van der Waals surface area (Å²) in [6, 6.07) is 11.4. The van der Waals surface area contributed by atoms with Crippen LogP contribution in [0.25, 0.3) is 0 Å². The van der Waals surface area contributed by atoms with Crippen LogP contribution in [-0.2, 0) is 30.8 Å². The third kappa shape index (κ3) is 5.66. The van der Waals surface area contributed by atoms with Gasteiger partial charge >= 0.3 is 5.97 Å². The third-order valence-electron chi connectivity index (χ3n) is 6.05. The molecule has 34 heavy (non-hydrogen) atoms. The number of aromatic nitrogens is 1. The van der Waals surface area contributed by atoms with E-state index in [1.54, 1.807) is 4.90 Å². The first kappa shape index (κ1) is 24.4. The first-order valence-corrected chi connectivity index (χ1v) is 12.8. The number of piperazine rings is 1. The van der Waals surface area contributed by atoms with Crippen molar-refractivity contribution in [2.75, 3.05) is 52.5 Å². The van der Waals surface area contributed by atoms with Crippen LogP contribution in [0.1, 0.15) is 23.0 Å². The summed E-state index contributed by atoms with van der Waals surface area (Å²) in [5.74, 6) is -1.03. The van der Waals surface area contributed by atoms with Gasteiger partial charge in [-0.3, -0.25) is 9.69 Å². The van der Waals surface area contributed by atoms with Gasteiger partial charge in [-0.1, -0.05) is 30.3 Å². The van der Waals surface area contributed by atoms with E-state index in [9.17, 15) is 18.0 Å². The number of ether oxygens (including phenoxy) is 2. The van der Waals surface area contributed by atoms with Crippen molar-refractivity contribution >= 4 is 21.9 Å². The fourth-order valence-electron chi connectivity index (χ4n) is 4.08. The normalized spacial score (nSPS) is 19.0. The maximum Gasteiger partial charge on any atom is 0.355 e. The van der Waals surface area contributed by atoms with Crippen LogP contribution >= 0.6 is 0 Å². The summed E-state index contributed by atoms with van der Waals surface area (Å²) in [5.41, 5.74) is 1.21. The molecule has 1 amide bonds. The van der Waals surface area contributed by atoms with Crippen molar-refractivity contribution in [3.63, 3.8) is 0 Å². The summed E-state index contributed by atoms with van der Waals surface area (Å²) in [6.07, 6.45) is 0.288. The van der Waals surface area contributed by atoms with Gasteiger partial charge in [0.25, 0.3) is 5.91 Å². The van der Waals surface area contributed by atoms with Gasteiger partial charge in [-0.25, -0.2) is 13.2 Å². The molecule has 3 heterocycles. The number of H-pyrrole nitrogens is 1. The fourth-order valence-corrected chi connectivity index (χ4v) is 5.48. The predicted octanol–water partition coefficient (Wildman–Crippen LogP) is 0.925. The molecule has 0 radical (unpaired) electrons. The average Bonchev–Trinajstić information content (AvgIpc) is 3.37. The number of nitrogens with one attached hydrogen (secondary N) is 1. The second-order valence-corrected chi connectivity index (χ2v) is 10.3. The molecule has 0 bridgehead atoms. The second kappa shape index (κ2) is 10.7. The van der Waals surface area contributed by atoms with Crippen LogP contribution in [0, 0.1) is 0 Å². The van der Waals surface area contributed by atoms with Gasteiger partial charge in [-0.15, -0.1) is 0 Å². The Morgan fingerprint density at radius 1 is 1.06 bits per heavy atom. The molecule has 2 aliphatic heterocycles. The van der Waals surface area contributed by atoms with E-state index in [0.717, 1.165) is 19.6 Å². The minimum atomic E-state index is -3.73. The Balaban J connectivity index is 1.28. The van der Waals surface area contributed by atoms with Crippen molar-refractivity contribution in [2.24, 2.45) is 0 Å². The lowest BCUT2D eigenvalue weighted by Gasteiger charge is -2.35. The zero-order valence-corrected chi connectivity index (χ0v) is 20.0. The molecule has 1 N–H and O–H groups in total. The Morgan fingerprint density at radius 3 is 2.41 bits per heavy atom. The Labute approximate surface area is 199 Å². The molecule has 0 spiro atoms. The molecule has 1 aromatic heterocycles. The van der Waals surface area contributed by atoms with Crippen molar-refractivity contribution in [3.05, 3.63) is 53.9 Å². The molecule has 1 aromatic carbocycles. The Morgan fingerprint density at radius 2 is 1.74 bits per heavy atom.